The molecule has 0 radical (unpaired) electrons. The number of anilines is 2. The summed E-state index contributed by atoms with van der Waals surface area (Å²) in [5.74, 6) is 1.42. The minimum Gasteiger partial charge on any atom is -0.323 e. The molecule has 5 nitrogen and oxygen atoms in total. The monoisotopic (exact) mass is 297 g/mol. The Labute approximate surface area is 127 Å². The standard InChI is InChI=1S/C15H15N5S/c1-11-4-2-3-5-13(11)17-14-18-15(20-19-14)21-10-12-6-8-16-9-7-12/h2-9H,10H2,1H3,(H2,17,18,19,20). The van der Waals surface area contributed by atoms with Crippen LogP contribution in [0.1, 0.15) is 11.1 Å². The number of nitrogens with zero attached hydrogens (tertiary/aromatic N) is 3. The number of para-hydroxylation sites is 1. The lowest BCUT2D eigenvalue weighted by Crippen LogP contribution is -1.94. The molecule has 3 aromatic rings. The lowest BCUT2D eigenvalue weighted by atomic mass is 10.2. The summed E-state index contributed by atoms with van der Waals surface area (Å²) < 4.78 is 0. The van der Waals surface area contributed by atoms with Gasteiger partial charge in [0.1, 0.15) is 0 Å². The van der Waals surface area contributed by atoms with E-state index in [4.69, 9.17) is 0 Å². The van der Waals surface area contributed by atoms with Gasteiger partial charge in [0, 0.05) is 23.8 Å². The number of thioether (sulfide) groups is 1. The molecule has 21 heavy (non-hydrogen) atoms. The van der Waals surface area contributed by atoms with E-state index in [1.54, 1.807) is 24.2 Å². The van der Waals surface area contributed by atoms with Gasteiger partial charge in [-0.2, -0.15) is 4.98 Å². The molecule has 0 saturated heterocycles. The number of hydrogen-bond donors (Lipinski definition) is 2. The van der Waals surface area contributed by atoms with Crippen LogP contribution in [-0.2, 0) is 5.75 Å². The Bertz CT molecular complexity index is 711. The van der Waals surface area contributed by atoms with Crippen LogP contribution in [0.4, 0.5) is 11.6 Å². The molecule has 0 atom stereocenters. The van der Waals surface area contributed by atoms with Gasteiger partial charge in [-0.3, -0.25) is 10.1 Å². The van der Waals surface area contributed by atoms with Gasteiger partial charge >= 0.3 is 0 Å². The van der Waals surface area contributed by atoms with Crippen molar-refractivity contribution in [3.8, 4) is 0 Å². The first-order valence-corrected chi connectivity index (χ1v) is 7.56. The number of aryl methyl sites for hydroxylation is 1. The Hall–Kier alpha value is -2.34. The Morgan fingerprint density at radius 3 is 2.76 bits per heavy atom. The van der Waals surface area contributed by atoms with Crippen LogP contribution in [-0.4, -0.2) is 20.2 Å². The van der Waals surface area contributed by atoms with Gasteiger partial charge in [0.25, 0.3) is 0 Å². The summed E-state index contributed by atoms with van der Waals surface area (Å²) in [5.41, 5.74) is 3.38. The fourth-order valence-corrected chi connectivity index (χ4v) is 2.59. The van der Waals surface area contributed by atoms with Crippen LogP contribution in [0.2, 0.25) is 0 Å². The van der Waals surface area contributed by atoms with Crippen molar-refractivity contribution in [2.45, 2.75) is 17.8 Å². The summed E-state index contributed by atoms with van der Waals surface area (Å²) in [6, 6.07) is 12.0. The SMILES string of the molecule is Cc1ccccc1Nc1n[nH]c(SCc2ccncc2)n1. The highest BCUT2D eigenvalue weighted by Crippen LogP contribution is 2.22. The third-order valence-corrected chi connectivity index (χ3v) is 3.92. The summed E-state index contributed by atoms with van der Waals surface area (Å²) in [7, 11) is 0. The van der Waals surface area contributed by atoms with Crippen LogP contribution in [0, 0.1) is 6.92 Å². The first-order valence-electron chi connectivity index (χ1n) is 6.58. The fraction of sp³-hybridized carbons (Fsp3) is 0.133. The molecule has 3 rings (SSSR count). The summed E-state index contributed by atoms with van der Waals surface area (Å²) in [6.07, 6.45) is 3.59. The second kappa shape index (κ2) is 6.41. The van der Waals surface area contributed by atoms with Gasteiger partial charge in [0.2, 0.25) is 5.95 Å². The van der Waals surface area contributed by atoms with Crippen molar-refractivity contribution in [1.29, 1.82) is 0 Å². The zero-order valence-corrected chi connectivity index (χ0v) is 12.4. The van der Waals surface area contributed by atoms with Crippen LogP contribution in [0.15, 0.2) is 53.9 Å². The summed E-state index contributed by atoms with van der Waals surface area (Å²) in [6.45, 7) is 2.05. The molecule has 6 heteroatoms. The summed E-state index contributed by atoms with van der Waals surface area (Å²) in [4.78, 5) is 8.44. The van der Waals surface area contributed by atoms with Gasteiger partial charge in [-0.1, -0.05) is 30.0 Å². The second-order valence-corrected chi connectivity index (χ2v) is 5.51. The molecule has 0 unspecified atom stereocenters. The molecule has 0 spiro atoms. The van der Waals surface area contributed by atoms with E-state index in [1.165, 1.54) is 5.56 Å². The van der Waals surface area contributed by atoms with E-state index in [0.29, 0.717) is 5.95 Å². The van der Waals surface area contributed by atoms with Gasteiger partial charge in [0.05, 0.1) is 0 Å². The van der Waals surface area contributed by atoms with Crippen LogP contribution >= 0.6 is 11.8 Å². The molecule has 0 aliphatic rings. The number of rotatable bonds is 5. The van der Waals surface area contributed by atoms with Crippen molar-refractivity contribution < 1.29 is 0 Å². The lowest BCUT2D eigenvalue weighted by molar-refractivity contribution is 0.973. The molecule has 0 bridgehead atoms. The van der Waals surface area contributed by atoms with Gasteiger partial charge in [-0.15, -0.1) is 5.10 Å². The second-order valence-electron chi connectivity index (χ2n) is 4.55. The van der Waals surface area contributed by atoms with Gasteiger partial charge < -0.3 is 5.32 Å². The van der Waals surface area contributed by atoms with Crippen molar-refractivity contribution in [1.82, 2.24) is 20.2 Å². The maximum atomic E-state index is 4.43. The number of nitrogens with one attached hydrogen (secondary N) is 2. The molecule has 0 amide bonds. The normalized spacial score (nSPS) is 10.5. The number of aromatic amines is 1. The molecule has 0 saturated carbocycles. The van der Waals surface area contributed by atoms with Crippen LogP contribution < -0.4 is 5.32 Å². The number of benzene rings is 1. The van der Waals surface area contributed by atoms with E-state index in [9.17, 15) is 0 Å². The van der Waals surface area contributed by atoms with E-state index < -0.39 is 0 Å². The highest BCUT2D eigenvalue weighted by atomic mass is 32.2. The van der Waals surface area contributed by atoms with Gasteiger partial charge in [-0.25, -0.2) is 0 Å². The number of pyridine rings is 1. The number of aromatic nitrogens is 4. The van der Waals surface area contributed by atoms with Gasteiger partial charge in [-0.05, 0) is 36.2 Å². The third kappa shape index (κ3) is 3.61. The molecule has 2 N–H and O–H groups in total. The van der Waals surface area contributed by atoms with Crippen molar-refractivity contribution in [2.75, 3.05) is 5.32 Å². The van der Waals surface area contributed by atoms with Crippen molar-refractivity contribution in [3.05, 3.63) is 59.9 Å². The van der Waals surface area contributed by atoms with Crippen LogP contribution in [0.5, 0.6) is 0 Å². The molecule has 2 heterocycles. The molecule has 2 aromatic heterocycles. The molecular weight excluding hydrogens is 282 g/mol. The zero-order valence-electron chi connectivity index (χ0n) is 11.6. The predicted molar refractivity (Wildman–Crippen MR) is 84.6 cm³/mol. The maximum Gasteiger partial charge on any atom is 0.247 e. The predicted octanol–water partition coefficient (Wildman–Crippen LogP) is 3.54. The highest BCUT2D eigenvalue weighted by Gasteiger charge is 2.05. The largest absolute Gasteiger partial charge is 0.323 e. The zero-order chi connectivity index (χ0) is 14.5. The molecule has 1 aromatic carbocycles. The number of hydrogen-bond acceptors (Lipinski definition) is 5. The first kappa shape index (κ1) is 13.6. The smallest absolute Gasteiger partial charge is 0.247 e. The number of H-pyrrole nitrogens is 1. The molecule has 0 aliphatic heterocycles. The molecule has 0 fully saturated rings. The Morgan fingerprint density at radius 1 is 1.14 bits per heavy atom. The lowest BCUT2D eigenvalue weighted by Gasteiger charge is -2.04. The van der Waals surface area contributed by atoms with E-state index in [0.717, 1.165) is 22.2 Å². The van der Waals surface area contributed by atoms with E-state index in [1.807, 2.05) is 43.3 Å². The average molecular weight is 297 g/mol. The van der Waals surface area contributed by atoms with Crippen LogP contribution in [0.3, 0.4) is 0 Å². The van der Waals surface area contributed by atoms with Crippen LogP contribution in [0.25, 0.3) is 0 Å². The highest BCUT2D eigenvalue weighted by molar-refractivity contribution is 7.98. The van der Waals surface area contributed by atoms with E-state index in [-0.39, 0.29) is 0 Å². The molecule has 106 valence electrons. The Morgan fingerprint density at radius 2 is 1.95 bits per heavy atom. The van der Waals surface area contributed by atoms with Gasteiger partial charge in [0.15, 0.2) is 5.16 Å². The minimum atomic E-state index is 0.585. The van der Waals surface area contributed by atoms with E-state index >= 15 is 0 Å². The fourth-order valence-electron chi connectivity index (χ4n) is 1.83. The van der Waals surface area contributed by atoms with Crippen molar-refractivity contribution >= 4 is 23.4 Å². The first-order chi connectivity index (χ1) is 10.3. The topological polar surface area (TPSA) is 66.5 Å². The molecular formula is C15H15N5S. The summed E-state index contributed by atoms with van der Waals surface area (Å²) >= 11 is 1.61. The molecule has 0 aliphatic carbocycles. The average Bonchev–Trinajstić information content (AvgIpc) is 2.96. The minimum absolute atomic E-state index is 0.585. The Kier molecular flexibility index (Phi) is 4.16. The van der Waals surface area contributed by atoms with E-state index in [2.05, 4.69) is 25.5 Å². The third-order valence-electron chi connectivity index (χ3n) is 2.98. The quantitative estimate of drug-likeness (QED) is 0.705. The van der Waals surface area contributed by atoms with Crippen molar-refractivity contribution in [2.24, 2.45) is 0 Å². The van der Waals surface area contributed by atoms with Crippen molar-refractivity contribution in [3.63, 3.8) is 0 Å². The maximum absolute atomic E-state index is 4.43. The summed E-state index contributed by atoms with van der Waals surface area (Å²) in [5, 5.41) is 11.1. The Balaban J connectivity index is 1.63.